The van der Waals surface area contributed by atoms with Crippen LogP contribution in [-0.2, 0) is 28.6 Å². The third kappa shape index (κ3) is 52.6. The highest BCUT2D eigenvalue weighted by molar-refractivity contribution is 5.71. The monoisotopic (exact) mass is 927 g/mol. The van der Waals surface area contributed by atoms with Crippen LogP contribution < -0.4 is 0 Å². The Kier molecular flexibility index (Phi) is 53.2. The van der Waals surface area contributed by atoms with Crippen molar-refractivity contribution in [3.05, 3.63) is 36.5 Å². The molecule has 0 bridgehead atoms. The zero-order chi connectivity index (χ0) is 47.9. The summed E-state index contributed by atoms with van der Waals surface area (Å²) in [6.45, 7) is 6.58. The summed E-state index contributed by atoms with van der Waals surface area (Å²) in [6.07, 6.45) is 65.9. The van der Waals surface area contributed by atoms with Crippen LogP contribution in [0.25, 0.3) is 0 Å². The molecule has 0 aliphatic carbocycles. The Morgan fingerprint density at radius 2 is 0.576 bits per heavy atom. The molecule has 0 saturated carbocycles. The second-order valence-electron chi connectivity index (χ2n) is 19.6. The van der Waals surface area contributed by atoms with Gasteiger partial charge >= 0.3 is 17.9 Å². The lowest BCUT2D eigenvalue weighted by Gasteiger charge is -2.18. The molecule has 1 atom stereocenters. The molecular weight excluding hydrogens is 817 g/mol. The smallest absolute Gasteiger partial charge is 0.306 e. The van der Waals surface area contributed by atoms with Crippen molar-refractivity contribution in [2.45, 2.75) is 316 Å². The summed E-state index contributed by atoms with van der Waals surface area (Å²) >= 11 is 0. The van der Waals surface area contributed by atoms with E-state index in [1.165, 1.54) is 193 Å². The lowest BCUT2D eigenvalue weighted by Crippen LogP contribution is -2.30. The number of carbonyl (C=O) groups is 3. The molecular formula is C60H110O6. The fourth-order valence-electron chi connectivity index (χ4n) is 8.48. The van der Waals surface area contributed by atoms with E-state index in [0.717, 1.165) is 77.0 Å². The van der Waals surface area contributed by atoms with Gasteiger partial charge in [0, 0.05) is 19.3 Å². The van der Waals surface area contributed by atoms with Crippen molar-refractivity contribution in [2.75, 3.05) is 13.2 Å². The summed E-state index contributed by atoms with van der Waals surface area (Å²) < 4.78 is 16.8. The van der Waals surface area contributed by atoms with E-state index in [0.29, 0.717) is 19.3 Å². The van der Waals surface area contributed by atoms with Gasteiger partial charge in [0.05, 0.1) is 0 Å². The van der Waals surface area contributed by atoms with Crippen LogP contribution in [-0.4, -0.2) is 37.2 Å². The number of ether oxygens (including phenoxy) is 3. The second-order valence-corrected chi connectivity index (χ2v) is 19.6. The van der Waals surface area contributed by atoms with Crippen molar-refractivity contribution >= 4 is 17.9 Å². The van der Waals surface area contributed by atoms with Crippen LogP contribution in [0.3, 0.4) is 0 Å². The van der Waals surface area contributed by atoms with E-state index in [1.54, 1.807) is 0 Å². The van der Waals surface area contributed by atoms with Crippen molar-refractivity contribution in [2.24, 2.45) is 0 Å². The van der Waals surface area contributed by atoms with E-state index < -0.39 is 6.10 Å². The van der Waals surface area contributed by atoms with Gasteiger partial charge in [0.25, 0.3) is 0 Å². The van der Waals surface area contributed by atoms with Crippen LogP contribution in [0.1, 0.15) is 310 Å². The van der Waals surface area contributed by atoms with E-state index in [-0.39, 0.29) is 31.1 Å². The Morgan fingerprint density at radius 1 is 0.303 bits per heavy atom. The summed E-state index contributed by atoms with van der Waals surface area (Å²) in [4.78, 5) is 37.9. The first-order chi connectivity index (χ1) is 32.5. The molecule has 0 rings (SSSR count). The molecule has 0 spiro atoms. The van der Waals surface area contributed by atoms with Gasteiger partial charge in [0.2, 0.25) is 0 Å². The molecule has 0 radical (unpaired) electrons. The highest BCUT2D eigenvalue weighted by Crippen LogP contribution is 2.17. The molecule has 0 N–H and O–H groups in total. The Balaban J connectivity index is 4.09. The van der Waals surface area contributed by atoms with Gasteiger partial charge in [-0.25, -0.2) is 0 Å². The van der Waals surface area contributed by atoms with Gasteiger partial charge in [-0.2, -0.15) is 0 Å². The molecule has 0 aromatic carbocycles. The van der Waals surface area contributed by atoms with Crippen LogP contribution in [0, 0.1) is 0 Å². The van der Waals surface area contributed by atoms with Gasteiger partial charge in [-0.3, -0.25) is 14.4 Å². The Labute approximate surface area is 410 Å². The maximum absolute atomic E-state index is 12.8. The number of rotatable bonds is 53. The summed E-state index contributed by atoms with van der Waals surface area (Å²) in [5.41, 5.74) is 0. The van der Waals surface area contributed by atoms with Crippen LogP contribution in [0.2, 0.25) is 0 Å². The standard InChI is InChI=1S/C60H110O6/c1-4-7-10-13-16-19-22-23-24-25-26-27-28-29-30-31-32-33-34-35-36-37-39-41-44-47-50-53-59(62)65-56-57(55-64-58(61)52-49-46-43-40-21-18-15-12-9-6-3)66-60(63)54-51-48-45-42-38-20-17-14-11-8-5-2/h12,15,22-23,25-26,57H,4-11,13-14,16-21,24,27-56H2,1-3H3/b15-12-,23-22-,26-25-. The third-order valence-electron chi connectivity index (χ3n) is 12.8. The molecule has 0 aromatic heterocycles. The first kappa shape index (κ1) is 63.6. The summed E-state index contributed by atoms with van der Waals surface area (Å²) in [5, 5.41) is 0. The van der Waals surface area contributed by atoms with Gasteiger partial charge in [-0.15, -0.1) is 0 Å². The topological polar surface area (TPSA) is 78.9 Å². The van der Waals surface area contributed by atoms with E-state index in [4.69, 9.17) is 14.2 Å². The van der Waals surface area contributed by atoms with Gasteiger partial charge < -0.3 is 14.2 Å². The Morgan fingerprint density at radius 3 is 0.909 bits per heavy atom. The maximum Gasteiger partial charge on any atom is 0.306 e. The Hall–Kier alpha value is -2.37. The summed E-state index contributed by atoms with van der Waals surface area (Å²) in [7, 11) is 0. The van der Waals surface area contributed by atoms with E-state index >= 15 is 0 Å². The molecule has 66 heavy (non-hydrogen) atoms. The zero-order valence-electron chi connectivity index (χ0n) is 44.2. The predicted octanol–water partition coefficient (Wildman–Crippen LogP) is 19.3. The molecule has 0 saturated heterocycles. The molecule has 0 heterocycles. The minimum Gasteiger partial charge on any atom is -0.462 e. The molecule has 6 nitrogen and oxygen atoms in total. The molecule has 1 unspecified atom stereocenters. The fourth-order valence-corrected chi connectivity index (χ4v) is 8.48. The molecule has 386 valence electrons. The van der Waals surface area contributed by atoms with Crippen LogP contribution in [0.4, 0.5) is 0 Å². The highest BCUT2D eigenvalue weighted by atomic mass is 16.6. The van der Waals surface area contributed by atoms with Crippen molar-refractivity contribution in [1.82, 2.24) is 0 Å². The van der Waals surface area contributed by atoms with Crippen LogP contribution in [0.5, 0.6) is 0 Å². The summed E-state index contributed by atoms with van der Waals surface area (Å²) in [5.74, 6) is -0.869. The first-order valence-corrected chi connectivity index (χ1v) is 29.0. The molecule has 0 fully saturated rings. The molecule has 6 heteroatoms. The lowest BCUT2D eigenvalue weighted by atomic mass is 10.0. The number of carbonyl (C=O) groups excluding carboxylic acids is 3. The number of esters is 3. The average Bonchev–Trinajstić information content (AvgIpc) is 3.31. The van der Waals surface area contributed by atoms with Gasteiger partial charge in [-0.05, 0) is 70.6 Å². The quantitative estimate of drug-likeness (QED) is 0.0262. The number of hydrogen-bond acceptors (Lipinski definition) is 6. The predicted molar refractivity (Wildman–Crippen MR) is 284 cm³/mol. The van der Waals surface area contributed by atoms with Crippen LogP contribution in [0.15, 0.2) is 36.5 Å². The average molecular weight is 928 g/mol. The lowest BCUT2D eigenvalue weighted by molar-refractivity contribution is -0.167. The second kappa shape index (κ2) is 55.2. The minimum absolute atomic E-state index is 0.0710. The van der Waals surface area contributed by atoms with Gasteiger partial charge in [-0.1, -0.05) is 256 Å². The maximum atomic E-state index is 12.8. The highest BCUT2D eigenvalue weighted by Gasteiger charge is 2.19. The number of unbranched alkanes of at least 4 members (excludes halogenated alkanes) is 36. The normalized spacial score (nSPS) is 12.2. The third-order valence-corrected chi connectivity index (χ3v) is 12.8. The van der Waals surface area contributed by atoms with Crippen molar-refractivity contribution < 1.29 is 28.6 Å². The Bertz CT molecular complexity index is 1110. The number of hydrogen-bond donors (Lipinski definition) is 0. The SMILES string of the molecule is CCC/C=C\CCCCCCCC(=O)OCC(COC(=O)CCCCCCCCCCCCCCCCC/C=C\C/C=C\CCCCCCC)OC(=O)CCCCCCCCCCCCC. The summed E-state index contributed by atoms with van der Waals surface area (Å²) in [6, 6.07) is 0. The number of allylic oxidation sites excluding steroid dienone is 6. The van der Waals surface area contributed by atoms with E-state index in [9.17, 15) is 14.4 Å². The first-order valence-electron chi connectivity index (χ1n) is 29.0. The van der Waals surface area contributed by atoms with Gasteiger partial charge in [0.15, 0.2) is 6.10 Å². The molecule has 0 aliphatic rings. The molecule has 0 amide bonds. The van der Waals surface area contributed by atoms with E-state index in [1.807, 2.05) is 0 Å². The molecule has 0 aliphatic heterocycles. The van der Waals surface area contributed by atoms with Gasteiger partial charge in [0.1, 0.15) is 13.2 Å². The molecule has 0 aromatic rings. The minimum atomic E-state index is -0.770. The van der Waals surface area contributed by atoms with Crippen LogP contribution >= 0.6 is 0 Å². The van der Waals surface area contributed by atoms with Crippen molar-refractivity contribution in [3.8, 4) is 0 Å². The largest absolute Gasteiger partial charge is 0.462 e. The van der Waals surface area contributed by atoms with Crippen molar-refractivity contribution in [1.29, 1.82) is 0 Å². The zero-order valence-corrected chi connectivity index (χ0v) is 44.2. The van der Waals surface area contributed by atoms with E-state index in [2.05, 4.69) is 57.2 Å². The van der Waals surface area contributed by atoms with Crippen molar-refractivity contribution in [3.63, 3.8) is 0 Å². The fraction of sp³-hybridized carbons (Fsp3) is 0.850.